The van der Waals surface area contributed by atoms with Crippen LogP contribution in [0.3, 0.4) is 0 Å². The number of esters is 2. The van der Waals surface area contributed by atoms with Gasteiger partial charge in [-0.2, -0.15) is 19.0 Å². The summed E-state index contributed by atoms with van der Waals surface area (Å²) in [5, 5.41) is 9.69. The summed E-state index contributed by atoms with van der Waals surface area (Å²) in [6, 6.07) is 22.2. The molecule has 4 aromatic rings. The predicted octanol–water partition coefficient (Wildman–Crippen LogP) is 7.58. The molecule has 14 heteroatoms. The zero-order valence-electron chi connectivity index (χ0n) is 31.7. The fourth-order valence-electron chi connectivity index (χ4n) is 6.90. The lowest BCUT2D eigenvalue weighted by Gasteiger charge is -2.40. The second-order valence-corrected chi connectivity index (χ2v) is 13.5. The molecule has 0 radical (unpaired) electrons. The number of pyridine rings is 1. The summed E-state index contributed by atoms with van der Waals surface area (Å²) in [6.45, 7) is 4.97. The Hall–Kier alpha value is -6.23. The highest BCUT2D eigenvalue weighted by Crippen LogP contribution is 2.45. The van der Waals surface area contributed by atoms with Crippen molar-refractivity contribution < 1.29 is 42.1 Å². The van der Waals surface area contributed by atoms with Gasteiger partial charge in [0.2, 0.25) is 11.6 Å². The fourth-order valence-corrected chi connectivity index (χ4v) is 6.90. The van der Waals surface area contributed by atoms with Gasteiger partial charge in [0.1, 0.15) is 23.9 Å². The highest BCUT2D eigenvalue weighted by Gasteiger charge is 2.51. The molecule has 3 aromatic carbocycles. The predicted molar refractivity (Wildman–Crippen MR) is 203 cm³/mol. The van der Waals surface area contributed by atoms with Crippen LogP contribution in [0.5, 0.6) is 29.0 Å². The van der Waals surface area contributed by atoms with Crippen LogP contribution in [-0.2, 0) is 25.7 Å². The number of anilines is 1. The van der Waals surface area contributed by atoms with Crippen LogP contribution >= 0.6 is 0 Å². The number of carbonyl (C=O) groups is 2. The highest BCUT2D eigenvalue weighted by molar-refractivity contribution is 6.00. The van der Waals surface area contributed by atoms with Gasteiger partial charge in [0.05, 0.1) is 31.4 Å². The van der Waals surface area contributed by atoms with E-state index in [4.69, 9.17) is 23.7 Å². The lowest BCUT2D eigenvalue weighted by molar-refractivity contribution is -0.175. The second-order valence-electron chi connectivity index (χ2n) is 13.5. The first-order valence-electron chi connectivity index (χ1n) is 18.5. The number of rotatable bonds is 14. The van der Waals surface area contributed by atoms with E-state index < -0.39 is 52.5 Å². The fraction of sp³-hybridized carbons (Fsp3) is 0.357. The Morgan fingerprint density at radius 1 is 0.911 bits per heavy atom. The Labute approximate surface area is 324 Å². The number of benzene rings is 3. The van der Waals surface area contributed by atoms with Crippen LogP contribution in [-0.4, -0.2) is 74.1 Å². The zero-order chi connectivity index (χ0) is 39.8. The number of hydrogen-bond acceptors (Lipinski definition) is 12. The quantitative estimate of drug-likeness (QED) is 0.0928. The molecule has 1 saturated carbocycles. The molecule has 0 bridgehead atoms. The van der Waals surface area contributed by atoms with E-state index in [0.717, 1.165) is 23.5 Å². The zero-order valence-corrected chi connectivity index (χ0v) is 31.7. The van der Waals surface area contributed by atoms with E-state index in [2.05, 4.69) is 9.98 Å². The SMILES string of the molecule is CCOC(=O)C1(C(=O)OCC)CCC(N(C)c2c(F)c(Oc3cccc(C4=NCCN4C)c3)nc(Oc3cc(C#N)ccc3OCc3ccccc3)c2F)CC1. The molecular weight excluding hydrogens is 724 g/mol. The molecule has 2 aliphatic rings. The summed E-state index contributed by atoms with van der Waals surface area (Å²) in [6.07, 6.45) is 0.464. The molecule has 56 heavy (non-hydrogen) atoms. The first-order chi connectivity index (χ1) is 27.1. The second kappa shape index (κ2) is 17.5. The largest absolute Gasteiger partial charge is 0.485 e. The first-order valence-corrected chi connectivity index (χ1v) is 18.5. The maximum Gasteiger partial charge on any atom is 0.323 e. The Bertz CT molecular complexity index is 2110. The minimum atomic E-state index is -1.54. The van der Waals surface area contributed by atoms with E-state index in [-0.39, 0.29) is 68.3 Å². The van der Waals surface area contributed by atoms with Crippen LogP contribution in [0.4, 0.5) is 14.5 Å². The van der Waals surface area contributed by atoms with Gasteiger partial charge < -0.3 is 33.5 Å². The number of hydrogen-bond donors (Lipinski definition) is 0. The molecule has 6 rings (SSSR count). The van der Waals surface area contributed by atoms with E-state index in [1.165, 1.54) is 30.1 Å². The van der Waals surface area contributed by atoms with Crippen molar-refractivity contribution in [2.45, 2.75) is 52.2 Å². The minimum absolute atomic E-state index is 0.0341. The third-order valence-corrected chi connectivity index (χ3v) is 9.92. The van der Waals surface area contributed by atoms with Gasteiger partial charge in [-0.3, -0.25) is 14.6 Å². The number of nitrogens with zero attached hydrogens (tertiary/aromatic N) is 5. The minimum Gasteiger partial charge on any atom is -0.485 e. The molecule has 0 atom stereocenters. The van der Waals surface area contributed by atoms with Crippen molar-refractivity contribution in [1.29, 1.82) is 5.26 Å². The smallest absolute Gasteiger partial charge is 0.323 e. The third kappa shape index (κ3) is 8.36. The molecule has 0 unspecified atom stereocenters. The summed E-state index contributed by atoms with van der Waals surface area (Å²) >= 11 is 0. The molecule has 0 saturated heterocycles. The lowest BCUT2D eigenvalue weighted by atomic mass is 9.72. The average Bonchev–Trinajstić information content (AvgIpc) is 3.65. The summed E-state index contributed by atoms with van der Waals surface area (Å²) in [5.74, 6) is -3.72. The van der Waals surface area contributed by atoms with E-state index in [9.17, 15) is 14.9 Å². The van der Waals surface area contributed by atoms with Gasteiger partial charge in [0, 0.05) is 38.3 Å². The molecule has 292 valence electrons. The van der Waals surface area contributed by atoms with Crippen LogP contribution in [0.2, 0.25) is 0 Å². The molecule has 1 aliphatic heterocycles. The number of amidine groups is 1. The average molecular weight is 768 g/mol. The van der Waals surface area contributed by atoms with Crippen LogP contribution in [0.15, 0.2) is 77.8 Å². The van der Waals surface area contributed by atoms with Crippen LogP contribution in [0, 0.1) is 28.4 Å². The monoisotopic (exact) mass is 767 g/mol. The topological polar surface area (TPSA) is 136 Å². The lowest BCUT2D eigenvalue weighted by Crippen LogP contribution is -2.48. The summed E-state index contributed by atoms with van der Waals surface area (Å²) < 4.78 is 62.3. The van der Waals surface area contributed by atoms with Gasteiger partial charge in [0.25, 0.3) is 11.8 Å². The van der Waals surface area contributed by atoms with Crippen molar-refractivity contribution in [3.05, 3.63) is 101 Å². The molecule has 1 aromatic heterocycles. The van der Waals surface area contributed by atoms with Gasteiger partial charge in [-0.15, -0.1) is 0 Å². The molecule has 1 fully saturated rings. The molecule has 0 spiro atoms. The molecular formula is C42H43F2N5O7. The summed E-state index contributed by atoms with van der Waals surface area (Å²) in [5.41, 5.74) is -0.247. The number of halogens is 2. The molecule has 0 amide bonds. The number of ether oxygens (including phenoxy) is 5. The number of aromatic nitrogens is 1. The summed E-state index contributed by atoms with van der Waals surface area (Å²) in [4.78, 5) is 38.4. The van der Waals surface area contributed by atoms with E-state index in [1.807, 2.05) is 54.4 Å². The molecule has 12 nitrogen and oxygen atoms in total. The number of carbonyl (C=O) groups excluding carboxylic acids is 2. The first kappa shape index (κ1) is 39.5. The highest BCUT2D eigenvalue weighted by atomic mass is 19.1. The number of nitriles is 1. The van der Waals surface area contributed by atoms with Crippen molar-refractivity contribution in [3.8, 4) is 35.1 Å². The maximum absolute atomic E-state index is 16.8. The van der Waals surface area contributed by atoms with Gasteiger partial charge in [0.15, 0.2) is 16.9 Å². The number of likely N-dealkylation sites (N-methyl/N-ethyl adjacent to an activating group) is 1. The van der Waals surface area contributed by atoms with Gasteiger partial charge in [-0.1, -0.05) is 42.5 Å². The van der Waals surface area contributed by atoms with Crippen LogP contribution < -0.4 is 19.1 Å². The third-order valence-electron chi connectivity index (χ3n) is 9.92. The van der Waals surface area contributed by atoms with Gasteiger partial charge in [-0.25, -0.2) is 0 Å². The van der Waals surface area contributed by atoms with Crippen LogP contribution in [0.25, 0.3) is 0 Å². The normalized spacial score (nSPS) is 15.0. The molecule has 2 heterocycles. The Balaban J connectivity index is 1.37. The van der Waals surface area contributed by atoms with Crippen molar-refractivity contribution in [2.75, 3.05) is 45.3 Å². The van der Waals surface area contributed by atoms with Gasteiger partial charge >= 0.3 is 11.9 Å². The Kier molecular flexibility index (Phi) is 12.3. The number of aliphatic imine (C=N–C) groups is 1. The maximum atomic E-state index is 16.8. The summed E-state index contributed by atoms with van der Waals surface area (Å²) in [7, 11) is 3.43. The van der Waals surface area contributed by atoms with E-state index in [1.54, 1.807) is 32.0 Å². The van der Waals surface area contributed by atoms with Crippen molar-refractivity contribution in [3.63, 3.8) is 0 Å². The van der Waals surface area contributed by atoms with E-state index >= 15 is 8.78 Å². The Morgan fingerprint density at radius 3 is 2.21 bits per heavy atom. The Morgan fingerprint density at radius 2 is 1.59 bits per heavy atom. The van der Waals surface area contributed by atoms with Crippen molar-refractivity contribution in [2.24, 2.45) is 10.4 Å². The van der Waals surface area contributed by atoms with Gasteiger partial charge in [-0.05, 0) is 69.4 Å². The van der Waals surface area contributed by atoms with Crippen molar-refractivity contribution >= 4 is 23.5 Å². The molecule has 0 N–H and O–H groups in total. The van der Waals surface area contributed by atoms with E-state index in [0.29, 0.717) is 6.54 Å². The van der Waals surface area contributed by atoms with Crippen LogP contribution in [0.1, 0.15) is 56.2 Å². The van der Waals surface area contributed by atoms with Crippen molar-refractivity contribution in [1.82, 2.24) is 9.88 Å². The standard InChI is InChI=1S/C42H43F2N5O7/c1-5-52-40(50)42(41(51)53-6-2)19-17-30(18-20-42)49(4)36-34(43)38(55-31-14-10-13-29(24-31)37-46-21-22-48(37)3)47-39(35(36)44)56-33-23-28(25-45)15-16-32(33)54-26-27-11-8-7-9-12-27/h7-16,23-24,30H,5-6,17-22,26H2,1-4H3. The molecule has 1 aliphatic carbocycles.